The van der Waals surface area contributed by atoms with Gasteiger partial charge in [0.2, 0.25) is 10.0 Å². The van der Waals surface area contributed by atoms with Gasteiger partial charge in [0.25, 0.3) is 0 Å². The van der Waals surface area contributed by atoms with Crippen LogP contribution in [0.5, 0.6) is 11.5 Å². The second-order valence-corrected chi connectivity index (χ2v) is 10.1. The number of nitrogens with zero attached hydrogens (tertiary/aromatic N) is 1. The van der Waals surface area contributed by atoms with Crippen LogP contribution in [0.25, 0.3) is 10.9 Å². The second kappa shape index (κ2) is 10.2. The number of sulfonamides is 1. The Kier molecular flexibility index (Phi) is 7.28. The van der Waals surface area contributed by atoms with Crippen molar-refractivity contribution in [3.63, 3.8) is 0 Å². The number of alkyl halides is 3. The standard InChI is InChI=1S/C26H25F3N2O4S/c1-34-24-12-22-20(14-30-36(32,33)17-19-9-6-10-21(11-19)26(27,28)29)16-31(23(22)13-25(24)35-2)15-18-7-4-3-5-8-18/h3-13,16,30H,14-15,17H2,1-2H3. The smallest absolute Gasteiger partial charge is 0.416 e. The molecular weight excluding hydrogens is 493 g/mol. The third-order valence-electron chi connectivity index (χ3n) is 5.76. The highest BCUT2D eigenvalue weighted by Crippen LogP contribution is 2.35. The molecule has 36 heavy (non-hydrogen) atoms. The number of ether oxygens (including phenoxy) is 2. The van der Waals surface area contributed by atoms with E-state index in [0.717, 1.165) is 28.6 Å². The van der Waals surface area contributed by atoms with E-state index in [1.54, 1.807) is 6.07 Å². The molecule has 1 aromatic heterocycles. The molecule has 0 aliphatic heterocycles. The van der Waals surface area contributed by atoms with Crippen LogP contribution in [0, 0.1) is 0 Å². The van der Waals surface area contributed by atoms with E-state index in [-0.39, 0.29) is 12.1 Å². The first kappa shape index (κ1) is 25.6. The average molecular weight is 519 g/mol. The number of halogens is 3. The summed E-state index contributed by atoms with van der Waals surface area (Å²) in [5.41, 5.74) is 1.73. The van der Waals surface area contributed by atoms with Gasteiger partial charge < -0.3 is 14.0 Å². The number of nitrogens with one attached hydrogen (secondary N) is 1. The topological polar surface area (TPSA) is 69.6 Å². The Morgan fingerprint density at radius 1 is 0.889 bits per heavy atom. The first-order valence-electron chi connectivity index (χ1n) is 11.0. The number of aromatic nitrogens is 1. The van der Waals surface area contributed by atoms with Gasteiger partial charge in [0.05, 0.1) is 31.1 Å². The molecule has 0 bridgehead atoms. The molecule has 4 aromatic rings. The molecule has 4 rings (SSSR count). The summed E-state index contributed by atoms with van der Waals surface area (Å²) in [5.74, 6) is 0.459. The van der Waals surface area contributed by atoms with Gasteiger partial charge in [-0.3, -0.25) is 0 Å². The molecule has 0 saturated heterocycles. The molecule has 10 heteroatoms. The Labute approximate surface area is 207 Å². The van der Waals surface area contributed by atoms with Crippen molar-refractivity contribution in [3.8, 4) is 11.5 Å². The summed E-state index contributed by atoms with van der Waals surface area (Å²) in [6, 6.07) is 17.7. The van der Waals surface area contributed by atoms with Crippen LogP contribution < -0.4 is 14.2 Å². The van der Waals surface area contributed by atoms with E-state index >= 15 is 0 Å². The maximum absolute atomic E-state index is 13.0. The van der Waals surface area contributed by atoms with Crippen molar-refractivity contribution in [2.24, 2.45) is 0 Å². The Morgan fingerprint density at radius 3 is 2.22 bits per heavy atom. The van der Waals surface area contributed by atoms with Crippen LogP contribution >= 0.6 is 0 Å². The van der Waals surface area contributed by atoms with Crippen molar-refractivity contribution in [3.05, 3.63) is 95.2 Å². The van der Waals surface area contributed by atoms with Gasteiger partial charge in [0.1, 0.15) is 0 Å². The second-order valence-electron chi connectivity index (χ2n) is 8.27. The number of fused-ring (bicyclic) bond motifs is 1. The largest absolute Gasteiger partial charge is 0.493 e. The van der Waals surface area contributed by atoms with Crippen molar-refractivity contribution in [2.75, 3.05) is 14.2 Å². The van der Waals surface area contributed by atoms with Crippen molar-refractivity contribution >= 4 is 20.9 Å². The van der Waals surface area contributed by atoms with Crippen molar-refractivity contribution in [2.45, 2.75) is 25.0 Å². The van der Waals surface area contributed by atoms with Gasteiger partial charge in [-0.05, 0) is 28.8 Å². The normalized spacial score (nSPS) is 12.1. The Bertz CT molecular complexity index is 1470. The minimum absolute atomic E-state index is 0.0466. The Hall–Kier alpha value is -3.50. The number of rotatable bonds is 9. The lowest BCUT2D eigenvalue weighted by Crippen LogP contribution is -2.24. The highest BCUT2D eigenvalue weighted by molar-refractivity contribution is 7.88. The molecule has 0 atom stereocenters. The molecule has 1 heterocycles. The summed E-state index contributed by atoms with van der Waals surface area (Å²) in [6.07, 6.45) is -2.70. The zero-order valence-corrected chi connectivity index (χ0v) is 20.5. The van der Waals surface area contributed by atoms with Crippen LogP contribution in [0.15, 0.2) is 72.9 Å². The van der Waals surface area contributed by atoms with Gasteiger partial charge in [0.15, 0.2) is 11.5 Å². The highest BCUT2D eigenvalue weighted by atomic mass is 32.2. The molecule has 190 valence electrons. The number of hydrogen-bond donors (Lipinski definition) is 1. The molecular formula is C26H25F3N2O4S. The van der Waals surface area contributed by atoms with E-state index in [1.807, 2.05) is 47.2 Å². The summed E-state index contributed by atoms with van der Waals surface area (Å²) in [6.45, 7) is 0.499. The average Bonchev–Trinajstić information content (AvgIpc) is 3.18. The fourth-order valence-electron chi connectivity index (χ4n) is 4.04. The molecule has 6 nitrogen and oxygen atoms in total. The molecule has 0 amide bonds. The van der Waals surface area contributed by atoms with Gasteiger partial charge in [-0.1, -0.05) is 48.5 Å². The molecule has 0 saturated carbocycles. The van der Waals surface area contributed by atoms with Gasteiger partial charge in [-0.2, -0.15) is 13.2 Å². The lowest BCUT2D eigenvalue weighted by Gasteiger charge is -2.11. The van der Waals surface area contributed by atoms with Crippen LogP contribution in [0.2, 0.25) is 0 Å². The third kappa shape index (κ3) is 5.83. The Balaban J connectivity index is 1.63. The Morgan fingerprint density at radius 2 is 1.56 bits per heavy atom. The van der Waals surface area contributed by atoms with Crippen molar-refractivity contribution < 1.29 is 31.1 Å². The molecule has 0 unspecified atom stereocenters. The zero-order valence-electron chi connectivity index (χ0n) is 19.7. The minimum Gasteiger partial charge on any atom is -0.493 e. The molecule has 0 fully saturated rings. The monoisotopic (exact) mass is 518 g/mol. The van der Waals surface area contributed by atoms with Crippen molar-refractivity contribution in [1.29, 1.82) is 0 Å². The first-order valence-corrected chi connectivity index (χ1v) is 12.7. The van der Waals surface area contributed by atoms with Gasteiger partial charge >= 0.3 is 6.18 Å². The number of hydrogen-bond acceptors (Lipinski definition) is 4. The van der Waals surface area contributed by atoms with Gasteiger partial charge in [-0.25, -0.2) is 13.1 Å². The fourth-order valence-corrected chi connectivity index (χ4v) is 5.13. The molecule has 0 aliphatic rings. The van der Waals surface area contributed by atoms with E-state index < -0.39 is 27.5 Å². The predicted molar refractivity (Wildman–Crippen MR) is 131 cm³/mol. The molecule has 1 N–H and O–H groups in total. The van der Waals surface area contributed by atoms with Crippen molar-refractivity contribution in [1.82, 2.24) is 9.29 Å². The first-order chi connectivity index (χ1) is 17.1. The van der Waals surface area contributed by atoms with E-state index in [9.17, 15) is 21.6 Å². The van der Waals surface area contributed by atoms with Crippen LogP contribution in [-0.4, -0.2) is 27.2 Å². The molecule has 0 radical (unpaired) electrons. The lowest BCUT2D eigenvalue weighted by atomic mass is 10.1. The summed E-state index contributed by atoms with van der Waals surface area (Å²) < 4.78 is 79.9. The molecule has 0 aliphatic carbocycles. The molecule has 3 aromatic carbocycles. The van der Waals surface area contributed by atoms with Crippen LogP contribution in [0.4, 0.5) is 13.2 Å². The summed E-state index contributed by atoms with van der Waals surface area (Å²) in [4.78, 5) is 0. The summed E-state index contributed by atoms with van der Waals surface area (Å²) >= 11 is 0. The predicted octanol–water partition coefficient (Wildman–Crippen LogP) is 5.35. The maximum Gasteiger partial charge on any atom is 0.416 e. The van der Waals surface area contributed by atoms with E-state index in [2.05, 4.69) is 4.72 Å². The molecule has 0 spiro atoms. The quantitative estimate of drug-likeness (QED) is 0.325. The van der Waals surface area contributed by atoms with Crippen LogP contribution in [0.1, 0.15) is 22.3 Å². The number of benzene rings is 3. The van der Waals surface area contributed by atoms with E-state index in [0.29, 0.717) is 23.6 Å². The van der Waals surface area contributed by atoms with Gasteiger partial charge in [-0.15, -0.1) is 0 Å². The summed E-state index contributed by atoms with van der Waals surface area (Å²) in [7, 11) is -0.870. The summed E-state index contributed by atoms with van der Waals surface area (Å²) in [5, 5.41) is 0.769. The minimum atomic E-state index is -4.55. The number of methoxy groups -OCH3 is 2. The zero-order chi connectivity index (χ0) is 25.9. The van der Waals surface area contributed by atoms with Gasteiger partial charge in [0, 0.05) is 30.7 Å². The van der Waals surface area contributed by atoms with E-state index in [4.69, 9.17) is 9.47 Å². The lowest BCUT2D eigenvalue weighted by molar-refractivity contribution is -0.137. The van der Waals surface area contributed by atoms with Crippen LogP contribution in [-0.2, 0) is 35.0 Å². The fraction of sp³-hybridized carbons (Fsp3) is 0.231. The highest BCUT2D eigenvalue weighted by Gasteiger charge is 2.30. The maximum atomic E-state index is 13.0. The van der Waals surface area contributed by atoms with E-state index in [1.165, 1.54) is 26.4 Å². The SMILES string of the molecule is COc1cc2c(CNS(=O)(=O)Cc3cccc(C(F)(F)F)c3)cn(Cc3ccccc3)c2cc1OC. The van der Waals surface area contributed by atoms with Crippen LogP contribution in [0.3, 0.4) is 0 Å². The third-order valence-corrected chi connectivity index (χ3v) is 7.06.